The Bertz CT molecular complexity index is 151. The summed E-state index contributed by atoms with van der Waals surface area (Å²) in [7, 11) is 0. The number of thiocarbonyl (C=S) groups is 1. The van der Waals surface area contributed by atoms with Crippen molar-refractivity contribution in [2.45, 2.75) is 19.4 Å². The molecule has 1 atom stereocenters. The zero-order chi connectivity index (χ0) is 8.27. The van der Waals surface area contributed by atoms with E-state index >= 15 is 0 Å². The Kier molecular flexibility index (Phi) is 3.08. The average molecular weight is 175 g/mol. The van der Waals surface area contributed by atoms with E-state index in [1.807, 2.05) is 11.8 Å². The van der Waals surface area contributed by atoms with Gasteiger partial charge in [-0.1, -0.05) is 0 Å². The Morgan fingerprint density at radius 3 is 3.00 bits per heavy atom. The quantitative estimate of drug-likeness (QED) is 0.628. The van der Waals surface area contributed by atoms with E-state index in [9.17, 15) is 0 Å². The van der Waals surface area contributed by atoms with E-state index < -0.39 is 0 Å². The van der Waals surface area contributed by atoms with Gasteiger partial charge < -0.3 is 14.7 Å². The van der Waals surface area contributed by atoms with E-state index in [0.717, 1.165) is 13.0 Å². The molecule has 3 nitrogen and oxygen atoms in total. The Balaban J connectivity index is 2.39. The number of hydrogen-bond donors (Lipinski definition) is 1. The van der Waals surface area contributed by atoms with Crippen LogP contribution in [-0.4, -0.2) is 41.0 Å². The molecule has 11 heavy (non-hydrogen) atoms. The standard InChI is InChI=1S/C7H13NO2S/c1-6(2-4-9)8-3-5-10-7(8)11/h6,9H,2-5H2,1H3/t6-/m1/s1. The summed E-state index contributed by atoms with van der Waals surface area (Å²) in [5, 5.41) is 9.25. The summed E-state index contributed by atoms with van der Waals surface area (Å²) in [4.78, 5) is 2.01. The summed E-state index contributed by atoms with van der Waals surface area (Å²) in [6, 6.07) is 0.301. The number of hydrogen-bond acceptors (Lipinski definition) is 3. The van der Waals surface area contributed by atoms with Crippen LogP contribution in [0.2, 0.25) is 0 Å². The third-order valence-electron chi connectivity index (χ3n) is 1.87. The Hall–Kier alpha value is -0.350. The first-order valence-corrected chi connectivity index (χ1v) is 4.21. The molecule has 0 aromatic carbocycles. The second kappa shape index (κ2) is 3.88. The zero-order valence-corrected chi connectivity index (χ0v) is 7.43. The molecule has 1 rings (SSSR count). The topological polar surface area (TPSA) is 32.7 Å². The maximum atomic E-state index is 8.67. The van der Waals surface area contributed by atoms with Crippen LogP contribution in [0.5, 0.6) is 0 Å². The maximum absolute atomic E-state index is 8.67. The highest BCUT2D eigenvalue weighted by Crippen LogP contribution is 2.10. The third kappa shape index (κ3) is 2.04. The molecular formula is C7H13NO2S. The molecule has 1 aliphatic rings. The lowest BCUT2D eigenvalue weighted by Gasteiger charge is -2.22. The Morgan fingerprint density at radius 2 is 2.55 bits per heavy atom. The highest BCUT2D eigenvalue weighted by Gasteiger charge is 2.22. The van der Waals surface area contributed by atoms with E-state index in [0.29, 0.717) is 17.8 Å². The minimum absolute atomic E-state index is 0.209. The van der Waals surface area contributed by atoms with E-state index in [4.69, 9.17) is 22.1 Å². The summed E-state index contributed by atoms with van der Waals surface area (Å²) >= 11 is 4.95. The van der Waals surface area contributed by atoms with Crippen molar-refractivity contribution in [3.05, 3.63) is 0 Å². The first kappa shape index (κ1) is 8.74. The van der Waals surface area contributed by atoms with E-state index in [1.165, 1.54) is 0 Å². The molecule has 0 saturated carbocycles. The molecule has 0 aromatic heterocycles. The summed E-state index contributed by atoms with van der Waals surface area (Å²) in [6.07, 6.45) is 0.753. The number of rotatable bonds is 3. The average Bonchev–Trinajstić information content (AvgIpc) is 2.36. The maximum Gasteiger partial charge on any atom is 0.259 e. The van der Waals surface area contributed by atoms with Crippen LogP contribution in [0.25, 0.3) is 0 Å². The van der Waals surface area contributed by atoms with Crippen molar-refractivity contribution in [1.29, 1.82) is 0 Å². The van der Waals surface area contributed by atoms with Gasteiger partial charge in [0.05, 0.1) is 6.54 Å². The molecule has 0 radical (unpaired) electrons. The molecular weight excluding hydrogens is 162 g/mol. The van der Waals surface area contributed by atoms with Crippen molar-refractivity contribution in [2.75, 3.05) is 19.8 Å². The third-order valence-corrected chi connectivity index (χ3v) is 2.22. The second-order valence-electron chi connectivity index (χ2n) is 2.67. The lowest BCUT2D eigenvalue weighted by atomic mass is 10.2. The number of aliphatic hydroxyl groups excluding tert-OH is 1. The van der Waals surface area contributed by atoms with Crippen LogP contribution in [0.1, 0.15) is 13.3 Å². The van der Waals surface area contributed by atoms with Gasteiger partial charge in [-0.25, -0.2) is 0 Å². The number of nitrogens with zero attached hydrogens (tertiary/aromatic N) is 1. The van der Waals surface area contributed by atoms with Gasteiger partial charge in [0.1, 0.15) is 6.61 Å². The van der Waals surface area contributed by atoms with Crippen LogP contribution in [0.4, 0.5) is 0 Å². The van der Waals surface area contributed by atoms with Gasteiger partial charge in [-0.05, 0) is 25.6 Å². The van der Waals surface area contributed by atoms with Crippen molar-refractivity contribution >= 4 is 17.4 Å². The largest absolute Gasteiger partial charge is 0.469 e. The first-order chi connectivity index (χ1) is 5.25. The van der Waals surface area contributed by atoms with Gasteiger partial charge in [0.2, 0.25) is 0 Å². The lowest BCUT2D eigenvalue weighted by molar-refractivity contribution is 0.237. The smallest absolute Gasteiger partial charge is 0.259 e. The molecule has 4 heteroatoms. The normalized spacial score (nSPS) is 20.2. The summed E-state index contributed by atoms with van der Waals surface area (Å²) in [5.41, 5.74) is 0. The van der Waals surface area contributed by atoms with Gasteiger partial charge in [0.15, 0.2) is 0 Å². The fourth-order valence-electron chi connectivity index (χ4n) is 1.15. The van der Waals surface area contributed by atoms with Gasteiger partial charge >= 0.3 is 0 Å². The van der Waals surface area contributed by atoms with Crippen molar-refractivity contribution in [1.82, 2.24) is 4.90 Å². The predicted octanol–water partition coefficient (Wildman–Crippen LogP) is 0.374. The van der Waals surface area contributed by atoms with Crippen LogP contribution in [0.3, 0.4) is 0 Å². The monoisotopic (exact) mass is 175 g/mol. The fraction of sp³-hybridized carbons (Fsp3) is 0.857. The van der Waals surface area contributed by atoms with Gasteiger partial charge in [0, 0.05) is 12.6 Å². The summed E-state index contributed by atoms with van der Waals surface area (Å²) in [6.45, 7) is 3.80. The Morgan fingerprint density at radius 1 is 1.82 bits per heavy atom. The first-order valence-electron chi connectivity index (χ1n) is 3.80. The Labute approximate surface area is 71.9 Å². The predicted molar refractivity (Wildman–Crippen MR) is 46.4 cm³/mol. The van der Waals surface area contributed by atoms with E-state index in [-0.39, 0.29) is 6.61 Å². The van der Waals surface area contributed by atoms with Gasteiger partial charge in [0.25, 0.3) is 5.17 Å². The van der Waals surface area contributed by atoms with Gasteiger partial charge in [-0.3, -0.25) is 0 Å². The molecule has 1 saturated heterocycles. The molecule has 1 aliphatic heterocycles. The SMILES string of the molecule is C[C@H](CCO)N1CCOC1=S. The molecule has 0 aromatic rings. The van der Waals surface area contributed by atoms with E-state index in [1.54, 1.807) is 0 Å². The summed E-state index contributed by atoms with van der Waals surface area (Å²) < 4.78 is 5.11. The van der Waals surface area contributed by atoms with Crippen LogP contribution in [-0.2, 0) is 4.74 Å². The van der Waals surface area contributed by atoms with Crippen LogP contribution >= 0.6 is 12.2 Å². The summed E-state index contributed by atoms with van der Waals surface area (Å²) in [5.74, 6) is 0. The van der Waals surface area contributed by atoms with Crippen molar-refractivity contribution in [2.24, 2.45) is 0 Å². The van der Waals surface area contributed by atoms with Crippen molar-refractivity contribution in [3.63, 3.8) is 0 Å². The second-order valence-corrected chi connectivity index (χ2v) is 3.02. The lowest BCUT2D eigenvalue weighted by Crippen LogP contribution is -2.34. The molecule has 0 bridgehead atoms. The van der Waals surface area contributed by atoms with Gasteiger partial charge in [-0.2, -0.15) is 0 Å². The van der Waals surface area contributed by atoms with Crippen LogP contribution in [0.15, 0.2) is 0 Å². The minimum atomic E-state index is 0.209. The molecule has 0 aliphatic carbocycles. The van der Waals surface area contributed by atoms with Gasteiger partial charge in [-0.15, -0.1) is 0 Å². The van der Waals surface area contributed by atoms with E-state index in [2.05, 4.69) is 0 Å². The fourth-order valence-corrected chi connectivity index (χ4v) is 1.50. The molecule has 1 fully saturated rings. The minimum Gasteiger partial charge on any atom is -0.469 e. The molecule has 64 valence electrons. The van der Waals surface area contributed by atoms with Crippen LogP contribution in [0, 0.1) is 0 Å². The molecule has 0 amide bonds. The molecule has 0 spiro atoms. The van der Waals surface area contributed by atoms with Crippen LogP contribution < -0.4 is 0 Å². The molecule has 0 unspecified atom stereocenters. The highest BCUT2D eigenvalue weighted by molar-refractivity contribution is 7.80. The number of ether oxygens (including phenoxy) is 1. The molecule has 1 N–H and O–H groups in total. The zero-order valence-electron chi connectivity index (χ0n) is 6.62. The van der Waals surface area contributed by atoms with Crippen molar-refractivity contribution < 1.29 is 9.84 Å². The molecule has 1 heterocycles. The van der Waals surface area contributed by atoms with Crippen molar-refractivity contribution in [3.8, 4) is 0 Å². The highest BCUT2D eigenvalue weighted by atomic mass is 32.1. The number of aliphatic hydroxyl groups is 1.